The van der Waals surface area contributed by atoms with Crippen molar-refractivity contribution in [2.75, 3.05) is 7.05 Å². The van der Waals surface area contributed by atoms with Crippen LogP contribution in [0.5, 0.6) is 0 Å². The second kappa shape index (κ2) is 4.40. The molecule has 1 rings (SSSR count). The third-order valence-electron chi connectivity index (χ3n) is 1.72. The summed E-state index contributed by atoms with van der Waals surface area (Å²) in [5.41, 5.74) is 5.47. The van der Waals surface area contributed by atoms with Crippen LogP contribution >= 0.6 is 0 Å². The Morgan fingerprint density at radius 1 is 1.38 bits per heavy atom. The average molecular weight is 175 g/mol. The second-order valence-corrected chi connectivity index (χ2v) is 2.73. The number of nitrogens with zero attached hydrogens (tertiary/aromatic N) is 1. The highest BCUT2D eigenvalue weighted by Gasteiger charge is 1.98. The summed E-state index contributed by atoms with van der Waals surface area (Å²) in [6.07, 6.45) is 1.24. The molecule has 2 N–H and O–H groups in total. The predicted octanol–water partition coefficient (Wildman–Crippen LogP) is 1.57. The molecule has 1 aromatic rings. The SMILES string of the molecule is CN/N=C(\C=N)c1ccc(C)cc1. The van der Waals surface area contributed by atoms with Crippen molar-refractivity contribution in [2.45, 2.75) is 6.92 Å². The van der Waals surface area contributed by atoms with E-state index in [-0.39, 0.29) is 0 Å². The Kier molecular flexibility index (Phi) is 3.20. The molecule has 0 heterocycles. The van der Waals surface area contributed by atoms with Gasteiger partial charge in [0.1, 0.15) is 5.71 Å². The highest BCUT2D eigenvalue weighted by atomic mass is 15.3. The highest BCUT2D eigenvalue weighted by molar-refractivity contribution is 6.37. The van der Waals surface area contributed by atoms with Gasteiger partial charge in [0.05, 0.1) is 0 Å². The summed E-state index contributed by atoms with van der Waals surface area (Å²) in [4.78, 5) is 0. The van der Waals surface area contributed by atoms with Gasteiger partial charge in [0.15, 0.2) is 0 Å². The third-order valence-corrected chi connectivity index (χ3v) is 1.72. The topological polar surface area (TPSA) is 48.2 Å². The van der Waals surface area contributed by atoms with Gasteiger partial charge in [-0.05, 0) is 6.92 Å². The molecular formula is C10H13N3. The molecule has 0 radical (unpaired) electrons. The molecule has 0 atom stereocenters. The van der Waals surface area contributed by atoms with E-state index in [1.54, 1.807) is 7.05 Å². The summed E-state index contributed by atoms with van der Waals surface area (Å²) in [6.45, 7) is 2.03. The fraction of sp³-hybridized carbons (Fsp3) is 0.200. The number of nitrogens with one attached hydrogen (secondary N) is 2. The molecule has 3 nitrogen and oxygen atoms in total. The third kappa shape index (κ3) is 2.40. The van der Waals surface area contributed by atoms with Crippen LogP contribution in [0.15, 0.2) is 29.4 Å². The Bertz CT molecular complexity index is 311. The van der Waals surface area contributed by atoms with Gasteiger partial charge in [-0.3, -0.25) is 0 Å². The first-order valence-electron chi connectivity index (χ1n) is 4.10. The van der Waals surface area contributed by atoms with E-state index in [0.717, 1.165) is 5.56 Å². The maximum Gasteiger partial charge on any atom is 0.108 e. The summed E-state index contributed by atoms with van der Waals surface area (Å²) >= 11 is 0. The molecule has 3 heteroatoms. The molecule has 68 valence electrons. The first-order chi connectivity index (χ1) is 6.27. The number of benzene rings is 1. The fourth-order valence-corrected chi connectivity index (χ4v) is 1.02. The second-order valence-electron chi connectivity index (χ2n) is 2.73. The van der Waals surface area contributed by atoms with Crippen LogP contribution in [0.4, 0.5) is 0 Å². The lowest BCUT2D eigenvalue weighted by atomic mass is 10.1. The van der Waals surface area contributed by atoms with E-state index in [2.05, 4.69) is 10.5 Å². The monoisotopic (exact) mass is 175 g/mol. The number of hydrazone groups is 1. The zero-order valence-corrected chi connectivity index (χ0v) is 7.83. The van der Waals surface area contributed by atoms with E-state index >= 15 is 0 Å². The fourth-order valence-electron chi connectivity index (χ4n) is 1.02. The van der Waals surface area contributed by atoms with E-state index in [4.69, 9.17) is 5.41 Å². The summed E-state index contributed by atoms with van der Waals surface area (Å²) in [5, 5.41) is 11.1. The first-order valence-corrected chi connectivity index (χ1v) is 4.10. The summed E-state index contributed by atoms with van der Waals surface area (Å²) in [5.74, 6) is 0. The van der Waals surface area contributed by atoms with Crippen molar-refractivity contribution in [3.8, 4) is 0 Å². The lowest BCUT2D eigenvalue weighted by Gasteiger charge is -2.00. The Hall–Kier alpha value is -1.64. The van der Waals surface area contributed by atoms with Gasteiger partial charge in [0, 0.05) is 18.8 Å². The van der Waals surface area contributed by atoms with Gasteiger partial charge in [-0.2, -0.15) is 5.10 Å². The Morgan fingerprint density at radius 2 is 2.00 bits per heavy atom. The maximum atomic E-state index is 7.16. The van der Waals surface area contributed by atoms with Crippen molar-refractivity contribution in [1.29, 1.82) is 5.41 Å². The Morgan fingerprint density at radius 3 is 2.46 bits per heavy atom. The maximum absolute atomic E-state index is 7.16. The molecule has 13 heavy (non-hydrogen) atoms. The smallest absolute Gasteiger partial charge is 0.108 e. The minimum absolute atomic E-state index is 0.641. The van der Waals surface area contributed by atoms with Gasteiger partial charge >= 0.3 is 0 Å². The van der Waals surface area contributed by atoms with Crippen LogP contribution in [0.1, 0.15) is 11.1 Å². The van der Waals surface area contributed by atoms with Crippen molar-refractivity contribution >= 4 is 11.9 Å². The number of hydrogen-bond donors (Lipinski definition) is 2. The molecular weight excluding hydrogens is 162 g/mol. The molecule has 0 fully saturated rings. The zero-order valence-electron chi connectivity index (χ0n) is 7.83. The standard InChI is InChI=1S/C10H13N3/c1-8-3-5-9(6-4-8)10(7-11)13-12-2/h3-7,11-12H,1-2H3/b11-7?,13-10+. The van der Waals surface area contributed by atoms with E-state index < -0.39 is 0 Å². The van der Waals surface area contributed by atoms with E-state index in [1.165, 1.54) is 11.8 Å². The largest absolute Gasteiger partial charge is 0.313 e. The van der Waals surface area contributed by atoms with Crippen molar-refractivity contribution in [3.05, 3.63) is 35.4 Å². The molecule has 0 spiro atoms. The summed E-state index contributed by atoms with van der Waals surface area (Å²) in [7, 11) is 1.72. The molecule has 0 saturated carbocycles. The van der Waals surface area contributed by atoms with Crippen LogP contribution in [0.3, 0.4) is 0 Å². The molecule has 0 aliphatic heterocycles. The van der Waals surface area contributed by atoms with Gasteiger partial charge in [0.2, 0.25) is 0 Å². The highest BCUT2D eigenvalue weighted by Crippen LogP contribution is 2.03. The van der Waals surface area contributed by atoms with Crippen LogP contribution in [0, 0.1) is 12.3 Å². The quantitative estimate of drug-likeness (QED) is 0.531. The number of rotatable bonds is 3. The van der Waals surface area contributed by atoms with E-state index in [0.29, 0.717) is 5.71 Å². The average Bonchev–Trinajstić information content (AvgIpc) is 2.16. The minimum atomic E-state index is 0.641. The normalized spacial score (nSPS) is 11.1. The molecule has 0 aromatic heterocycles. The number of aryl methyl sites for hydroxylation is 1. The van der Waals surface area contributed by atoms with Crippen LogP contribution in [-0.2, 0) is 0 Å². The van der Waals surface area contributed by atoms with Gasteiger partial charge in [-0.15, -0.1) is 0 Å². The Balaban J connectivity index is 2.99. The lowest BCUT2D eigenvalue weighted by Crippen LogP contribution is -2.07. The van der Waals surface area contributed by atoms with Crippen molar-refractivity contribution in [1.82, 2.24) is 5.43 Å². The molecule has 0 bridgehead atoms. The molecule has 0 amide bonds. The number of hydrogen-bond acceptors (Lipinski definition) is 3. The van der Waals surface area contributed by atoms with Crippen LogP contribution < -0.4 is 5.43 Å². The van der Waals surface area contributed by atoms with Crippen molar-refractivity contribution in [3.63, 3.8) is 0 Å². The van der Waals surface area contributed by atoms with Gasteiger partial charge in [0.25, 0.3) is 0 Å². The van der Waals surface area contributed by atoms with Crippen LogP contribution in [0.2, 0.25) is 0 Å². The van der Waals surface area contributed by atoms with Gasteiger partial charge in [-0.25, -0.2) is 0 Å². The Labute approximate surface area is 78.0 Å². The van der Waals surface area contributed by atoms with Gasteiger partial charge < -0.3 is 10.8 Å². The lowest BCUT2D eigenvalue weighted by molar-refractivity contribution is 0.904. The van der Waals surface area contributed by atoms with Crippen LogP contribution in [-0.4, -0.2) is 19.0 Å². The zero-order chi connectivity index (χ0) is 9.68. The van der Waals surface area contributed by atoms with Crippen molar-refractivity contribution in [2.24, 2.45) is 5.10 Å². The molecule has 1 aromatic carbocycles. The minimum Gasteiger partial charge on any atom is -0.313 e. The first kappa shape index (κ1) is 9.45. The van der Waals surface area contributed by atoms with Crippen molar-refractivity contribution < 1.29 is 0 Å². The van der Waals surface area contributed by atoms with Gasteiger partial charge in [-0.1, -0.05) is 29.8 Å². The molecule has 0 saturated heterocycles. The summed E-state index contributed by atoms with van der Waals surface area (Å²) < 4.78 is 0. The van der Waals surface area contributed by atoms with E-state index in [1.807, 2.05) is 31.2 Å². The van der Waals surface area contributed by atoms with E-state index in [9.17, 15) is 0 Å². The molecule has 0 unspecified atom stereocenters. The predicted molar refractivity (Wildman–Crippen MR) is 55.6 cm³/mol. The van der Waals surface area contributed by atoms with Crippen LogP contribution in [0.25, 0.3) is 0 Å². The molecule has 0 aliphatic carbocycles. The summed E-state index contributed by atoms with van der Waals surface area (Å²) in [6, 6.07) is 7.92. The molecule has 0 aliphatic rings.